The number of hydrogen-bond acceptors (Lipinski definition) is 7. The summed E-state index contributed by atoms with van der Waals surface area (Å²) in [5.41, 5.74) is 6.15. The van der Waals surface area contributed by atoms with E-state index in [-0.39, 0.29) is 43.7 Å². The number of carbonyl (C=O) groups is 3. The first kappa shape index (κ1) is 29.8. The van der Waals surface area contributed by atoms with Crippen molar-refractivity contribution in [2.24, 2.45) is 11.7 Å². The van der Waals surface area contributed by atoms with Gasteiger partial charge in [0, 0.05) is 26.1 Å². The molecule has 2 amide bonds. The summed E-state index contributed by atoms with van der Waals surface area (Å²) < 4.78 is 71.6. The number of nitriles is 1. The summed E-state index contributed by atoms with van der Waals surface area (Å²) in [6, 6.07) is 0.689. The van der Waals surface area contributed by atoms with Crippen LogP contribution in [0.15, 0.2) is 0 Å². The molecule has 0 bridgehead atoms. The van der Waals surface area contributed by atoms with Crippen LogP contribution in [0.4, 0.5) is 26.3 Å². The Balaban J connectivity index is 0.000000604. The third-order valence-electron chi connectivity index (χ3n) is 6.04. The summed E-state index contributed by atoms with van der Waals surface area (Å²) in [6.45, 7) is 2.25. The molecule has 206 valence electrons. The second-order valence-electron chi connectivity index (χ2n) is 8.42. The summed E-state index contributed by atoms with van der Waals surface area (Å²) in [7, 11) is 0. The number of aromatic nitrogens is 3. The molecule has 3 heterocycles. The van der Waals surface area contributed by atoms with Gasteiger partial charge >= 0.3 is 18.3 Å². The highest BCUT2D eigenvalue weighted by atomic mass is 19.4. The molecular formula is C20H25F6N7O4. The van der Waals surface area contributed by atoms with Gasteiger partial charge in [0.2, 0.25) is 17.6 Å². The fourth-order valence-electron chi connectivity index (χ4n) is 4.02. The van der Waals surface area contributed by atoms with E-state index < -0.39 is 42.1 Å². The lowest BCUT2D eigenvalue weighted by Crippen LogP contribution is -2.50. The molecule has 0 aliphatic carbocycles. The minimum Gasteiger partial charge on any atom is -0.475 e. The number of nitrogens with two attached hydrogens (primary N) is 1. The van der Waals surface area contributed by atoms with Gasteiger partial charge in [0.1, 0.15) is 6.04 Å². The number of alkyl halides is 6. The first-order valence-electron chi connectivity index (χ1n) is 11.1. The number of nitrogens with zero attached hydrogens (tertiary/aromatic N) is 6. The first-order valence-corrected chi connectivity index (χ1v) is 11.1. The number of amides is 2. The van der Waals surface area contributed by atoms with Crippen LogP contribution in [0.25, 0.3) is 0 Å². The molecule has 1 aromatic rings. The second-order valence-corrected chi connectivity index (χ2v) is 8.42. The van der Waals surface area contributed by atoms with Crippen LogP contribution in [-0.4, -0.2) is 78.8 Å². The Morgan fingerprint density at radius 3 is 2.30 bits per heavy atom. The largest absolute Gasteiger partial charge is 0.490 e. The maximum atomic E-state index is 13.0. The van der Waals surface area contributed by atoms with Crippen molar-refractivity contribution >= 4 is 17.8 Å². The Hall–Kier alpha value is -3.42. The molecule has 1 saturated heterocycles. The Kier molecular flexibility index (Phi) is 9.47. The standard InChI is InChI=1S/C18H24F3N7O2.C2HF3O2/c1-2-11(15(23)16(30)27-5-3-4-12(27)9-22)8-14(29)26-6-7-28-13(10-26)24-25-17(28)18(19,20)21;3-2(4,5)1(6)7/h11-12,15H,2-8,10,23H2,1H3;(H,6,7)/t11-,12+,15+;/m1./s1. The van der Waals surface area contributed by atoms with Crippen LogP contribution in [0.5, 0.6) is 0 Å². The van der Waals surface area contributed by atoms with E-state index in [1.54, 1.807) is 0 Å². The average molecular weight is 541 g/mol. The summed E-state index contributed by atoms with van der Waals surface area (Å²) >= 11 is 0. The number of carboxylic acid groups (broad SMARTS) is 1. The zero-order valence-corrected chi connectivity index (χ0v) is 19.6. The third-order valence-corrected chi connectivity index (χ3v) is 6.04. The van der Waals surface area contributed by atoms with E-state index in [0.29, 0.717) is 19.4 Å². The predicted octanol–water partition coefficient (Wildman–Crippen LogP) is 1.53. The van der Waals surface area contributed by atoms with Crippen LogP contribution in [0.2, 0.25) is 0 Å². The van der Waals surface area contributed by atoms with E-state index in [1.807, 2.05) is 6.92 Å². The molecule has 11 nitrogen and oxygen atoms in total. The van der Waals surface area contributed by atoms with Gasteiger partial charge in [-0.15, -0.1) is 10.2 Å². The van der Waals surface area contributed by atoms with Gasteiger partial charge in [-0.05, 0) is 18.8 Å². The number of likely N-dealkylation sites (tertiary alicyclic amines) is 1. The smallest absolute Gasteiger partial charge is 0.475 e. The molecule has 3 atom stereocenters. The van der Waals surface area contributed by atoms with E-state index in [1.165, 1.54) is 9.80 Å². The van der Waals surface area contributed by atoms with Crippen LogP contribution in [0.1, 0.15) is 44.3 Å². The van der Waals surface area contributed by atoms with E-state index in [2.05, 4.69) is 16.3 Å². The van der Waals surface area contributed by atoms with Crippen molar-refractivity contribution in [1.82, 2.24) is 24.6 Å². The molecule has 0 spiro atoms. The minimum atomic E-state index is -5.08. The number of halogens is 6. The van der Waals surface area contributed by atoms with Crippen LogP contribution in [0.3, 0.4) is 0 Å². The molecule has 1 fully saturated rings. The van der Waals surface area contributed by atoms with Crippen molar-refractivity contribution in [2.45, 2.75) is 70.1 Å². The molecule has 0 saturated carbocycles. The van der Waals surface area contributed by atoms with E-state index in [0.717, 1.165) is 11.0 Å². The van der Waals surface area contributed by atoms with Crippen LogP contribution < -0.4 is 5.73 Å². The number of rotatable bonds is 5. The van der Waals surface area contributed by atoms with Crippen molar-refractivity contribution < 1.29 is 45.8 Å². The number of carboxylic acids is 1. The summed E-state index contributed by atoms with van der Waals surface area (Å²) in [5, 5.41) is 23.1. The highest BCUT2D eigenvalue weighted by Gasteiger charge is 2.41. The summed E-state index contributed by atoms with van der Waals surface area (Å²) in [5.74, 6) is -4.83. The van der Waals surface area contributed by atoms with Crippen LogP contribution in [-0.2, 0) is 33.6 Å². The fourth-order valence-corrected chi connectivity index (χ4v) is 4.02. The quantitative estimate of drug-likeness (QED) is 0.531. The highest BCUT2D eigenvalue weighted by Crippen LogP contribution is 2.30. The van der Waals surface area contributed by atoms with Crippen molar-refractivity contribution in [2.75, 3.05) is 13.1 Å². The van der Waals surface area contributed by atoms with Gasteiger partial charge in [-0.25, -0.2) is 4.79 Å². The lowest BCUT2D eigenvalue weighted by Gasteiger charge is -2.31. The van der Waals surface area contributed by atoms with E-state index >= 15 is 0 Å². The Labute approximate surface area is 206 Å². The minimum absolute atomic E-state index is 0.00523. The van der Waals surface area contributed by atoms with Gasteiger partial charge in [-0.3, -0.25) is 9.59 Å². The van der Waals surface area contributed by atoms with Crippen LogP contribution in [0, 0.1) is 17.2 Å². The fraction of sp³-hybridized carbons (Fsp3) is 0.700. The topological polar surface area (TPSA) is 158 Å². The third kappa shape index (κ3) is 7.31. The van der Waals surface area contributed by atoms with Crippen molar-refractivity contribution in [3.05, 3.63) is 11.6 Å². The molecule has 0 aromatic carbocycles. The number of hydrogen-bond donors (Lipinski definition) is 2. The molecule has 0 unspecified atom stereocenters. The molecule has 3 rings (SSSR count). The lowest BCUT2D eigenvalue weighted by molar-refractivity contribution is -0.192. The van der Waals surface area contributed by atoms with Crippen molar-refractivity contribution in [3.8, 4) is 6.07 Å². The Bertz CT molecular complexity index is 1040. The molecular weight excluding hydrogens is 516 g/mol. The second kappa shape index (κ2) is 11.8. The normalized spacial score (nSPS) is 19.3. The monoisotopic (exact) mass is 541 g/mol. The molecule has 37 heavy (non-hydrogen) atoms. The summed E-state index contributed by atoms with van der Waals surface area (Å²) in [4.78, 5) is 37.3. The maximum Gasteiger partial charge on any atom is 0.490 e. The van der Waals surface area contributed by atoms with Gasteiger partial charge in [0.05, 0.1) is 18.7 Å². The van der Waals surface area contributed by atoms with Gasteiger partial charge in [0.25, 0.3) is 0 Å². The van der Waals surface area contributed by atoms with Crippen molar-refractivity contribution in [3.63, 3.8) is 0 Å². The molecule has 2 aliphatic heterocycles. The van der Waals surface area contributed by atoms with Gasteiger partial charge in [-0.1, -0.05) is 13.3 Å². The molecule has 1 aromatic heterocycles. The SMILES string of the molecule is CC[C@H](CC(=O)N1CCn2c(nnc2C(F)(F)F)C1)[C@H](N)C(=O)N1CCC[C@H]1C#N.O=C(O)C(F)(F)F. The lowest BCUT2D eigenvalue weighted by atomic mass is 9.92. The van der Waals surface area contributed by atoms with Gasteiger partial charge in [0.15, 0.2) is 5.82 Å². The van der Waals surface area contributed by atoms with Gasteiger partial charge in [-0.2, -0.15) is 31.6 Å². The zero-order chi connectivity index (χ0) is 28.1. The van der Waals surface area contributed by atoms with Crippen LogP contribution >= 0.6 is 0 Å². The maximum absolute atomic E-state index is 13.0. The highest BCUT2D eigenvalue weighted by molar-refractivity contribution is 5.84. The Morgan fingerprint density at radius 2 is 1.78 bits per heavy atom. The Morgan fingerprint density at radius 1 is 1.16 bits per heavy atom. The average Bonchev–Trinajstić information content (AvgIpc) is 3.47. The number of carbonyl (C=O) groups excluding carboxylic acids is 2. The first-order chi connectivity index (χ1) is 17.1. The summed E-state index contributed by atoms with van der Waals surface area (Å²) in [6.07, 6.45) is -7.87. The number of aliphatic carboxylic acids is 1. The molecule has 0 radical (unpaired) electrons. The van der Waals surface area contributed by atoms with E-state index in [4.69, 9.17) is 15.6 Å². The zero-order valence-electron chi connectivity index (χ0n) is 19.6. The predicted molar refractivity (Wildman–Crippen MR) is 111 cm³/mol. The van der Waals surface area contributed by atoms with E-state index in [9.17, 15) is 41.2 Å². The number of fused-ring (bicyclic) bond motifs is 1. The molecule has 17 heteroatoms. The molecule has 2 aliphatic rings. The molecule has 3 N–H and O–H groups in total. The van der Waals surface area contributed by atoms with Gasteiger partial charge < -0.3 is 25.2 Å². The van der Waals surface area contributed by atoms with Crippen molar-refractivity contribution in [1.29, 1.82) is 5.26 Å².